The van der Waals surface area contributed by atoms with Crippen molar-refractivity contribution >= 4 is 17.7 Å². The molecule has 2 heterocycles. The molecule has 0 aromatic heterocycles. The Morgan fingerprint density at radius 1 is 0.974 bits per heavy atom. The molecule has 5 rings (SSSR count). The minimum atomic E-state index is -1.09. The summed E-state index contributed by atoms with van der Waals surface area (Å²) in [5.41, 5.74) is 3.39. The van der Waals surface area contributed by atoms with Gasteiger partial charge in [0.05, 0.1) is 25.9 Å². The van der Waals surface area contributed by atoms with Crippen LogP contribution in [0.15, 0.2) is 65.0 Å². The summed E-state index contributed by atoms with van der Waals surface area (Å²) < 4.78 is 27.2. The number of hydrogen-bond acceptors (Lipinski definition) is 9. The fourth-order valence-corrected chi connectivity index (χ4v) is 5.61. The largest absolute Gasteiger partial charge is 0.497 e. The van der Waals surface area contributed by atoms with Crippen LogP contribution in [0.4, 0.5) is 0 Å². The zero-order chi connectivity index (χ0) is 27.7. The van der Waals surface area contributed by atoms with Crippen molar-refractivity contribution in [3.63, 3.8) is 0 Å². The molecule has 3 aliphatic rings. The number of nitrogens with one attached hydrogen (secondary N) is 1. The third-order valence-electron chi connectivity index (χ3n) is 7.33. The van der Waals surface area contributed by atoms with Gasteiger partial charge in [-0.1, -0.05) is 18.2 Å². The van der Waals surface area contributed by atoms with Crippen LogP contribution in [0, 0.1) is 5.92 Å². The van der Waals surface area contributed by atoms with E-state index in [0.29, 0.717) is 51.8 Å². The molecule has 1 N–H and O–H groups in total. The summed E-state index contributed by atoms with van der Waals surface area (Å²) in [6.45, 7) is 5.63. The van der Waals surface area contributed by atoms with E-state index < -0.39 is 29.7 Å². The summed E-state index contributed by atoms with van der Waals surface area (Å²) in [6, 6.07) is 12.7. The molecule has 9 nitrogen and oxygen atoms in total. The monoisotopic (exact) mass is 533 g/mol. The Bertz CT molecular complexity index is 1370. The summed E-state index contributed by atoms with van der Waals surface area (Å²) >= 11 is 0. The van der Waals surface area contributed by atoms with Crippen LogP contribution >= 0.6 is 0 Å². The minimum Gasteiger partial charge on any atom is -0.497 e. The molecule has 0 radical (unpaired) electrons. The van der Waals surface area contributed by atoms with Gasteiger partial charge >= 0.3 is 11.9 Å². The maximum atomic E-state index is 14.4. The first kappa shape index (κ1) is 26.3. The van der Waals surface area contributed by atoms with Crippen molar-refractivity contribution in [1.82, 2.24) is 5.32 Å². The fraction of sp³-hybridized carbons (Fsp3) is 0.367. The van der Waals surface area contributed by atoms with Crippen molar-refractivity contribution in [1.29, 1.82) is 0 Å². The molecular formula is C30H31NO8. The van der Waals surface area contributed by atoms with E-state index in [1.54, 1.807) is 52.1 Å². The molecule has 9 heteroatoms. The number of hydrogen-bond donors (Lipinski definition) is 1. The van der Waals surface area contributed by atoms with Crippen LogP contribution in [-0.4, -0.2) is 44.8 Å². The van der Waals surface area contributed by atoms with Gasteiger partial charge in [0.1, 0.15) is 11.7 Å². The second-order valence-corrected chi connectivity index (χ2v) is 9.50. The van der Waals surface area contributed by atoms with Gasteiger partial charge in [0.2, 0.25) is 6.79 Å². The highest BCUT2D eigenvalue weighted by Crippen LogP contribution is 2.49. The molecule has 39 heavy (non-hydrogen) atoms. The van der Waals surface area contributed by atoms with Crippen LogP contribution in [0.2, 0.25) is 0 Å². The predicted octanol–water partition coefficient (Wildman–Crippen LogP) is 4.14. The highest BCUT2D eigenvalue weighted by atomic mass is 16.7. The third-order valence-corrected chi connectivity index (χ3v) is 7.33. The molecule has 0 spiro atoms. The number of allylic oxidation sites excluding steroid dienone is 3. The first-order valence-electron chi connectivity index (χ1n) is 13.0. The van der Waals surface area contributed by atoms with Crippen molar-refractivity contribution in [3.05, 3.63) is 76.1 Å². The molecule has 1 aliphatic carbocycles. The third kappa shape index (κ3) is 4.73. The number of ketones is 1. The molecule has 0 bridgehead atoms. The summed E-state index contributed by atoms with van der Waals surface area (Å²) in [7, 11) is 1.58. The lowest BCUT2D eigenvalue weighted by Crippen LogP contribution is -2.43. The fourth-order valence-electron chi connectivity index (χ4n) is 5.61. The topological polar surface area (TPSA) is 109 Å². The Kier molecular flexibility index (Phi) is 7.32. The summed E-state index contributed by atoms with van der Waals surface area (Å²) in [6.07, 6.45) is 0.366. The maximum Gasteiger partial charge on any atom is 0.336 e. The number of carbonyl (C=O) groups excluding carboxylic acids is 3. The molecule has 0 fully saturated rings. The normalized spacial score (nSPS) is 21.7. The van der Waals surface area contributed by atoms with Gasteiger partial charge in [0, 0.05) is 28.8 Å². The van der Waals surface area contributed by atoms with Crippen molar-refractivity contribution in [2.24, 2.45) is 5.92 Å². The van der Waals surface area contributed by atoms with Crippen LogP contribution in [0.1, 0.15) is 50.2 Å². The second-order valence-electron chi connectivity index (χ2n) is 9.50. The van der Waals surface area contributed by atoms with Gasteiger partial charge in [-0.25, -0.2) is 4.79 Å². The van der Waals surface area contributed by atoms with Crippen molar-refractivity contribution in [2.45, 2.75) is 39.0 Å². The quantitative estimate of drug-likeness (QED) is 0.415. The van der Waals surface area contributed by atoms with E-state index in [1.165, 1.54) is 0 Å². The van der Waals surface area contributed by atoms with Crippen molar-refractivity contribution in [3.8, 4) is 17.2 Å². The average Bonchev–Trinajstić information content (AvgIpc) is 3.40. The molecule has 0 unspecified atom stereocenters. The van der Waals surface area contributed by atoms with Crippen LogP contribution in [0.3, 0.4) is 0 Å². The zero-order valence-electron chi connectivity index (χ0n) is 22.4. The van der Waals surface area contributed by atoms with E-state index >= 15 is 0 Å². The molecule has 0 amide bonds. The first-order chi connectivity index (χ1) is 18.9. The van der Waals surface area contributed by atoms with Gasteiger partial charge < -0.3 is 29.0 Å². The lowest BCUT2D eigenvalue weighted by Gasteiger charge is -2.39. The Labute approximate surface area is 226 Å². The Morgan fingerprint density at radius 2 is 1.67 bits per heavy atom. The SMILES string of the molecule is CCOC(=O)C1=C(C)NC2=C(C(=O)[C@H](C(=O)OCC)[C@@H](c3ccc(OC)cc3)C2)[C@H]1c1ccc2c(c1)OCO2. The first-order valence-corrected chi connectivity index (χ1v) is 13.0. The molecule has 3 atom stereocenters. The molecule has 204 valence electrons. The maximum absolute atomic E-state index is 14.4. The van der Waals surface area contributed by atoms with E-state index in [1.807, 2.05) is 18.2 Å². The smallest absolute Gasteiger partial charge is 0.336 e. The lowest BCUT2D eigenvalue weighted by molar-refractivity contribution is -0.152. The van der Waals surface area contributed by atoms with Gasteiger partial charge in [0.25, 0.3) is 0 Å². The molecule has 2 aliphatic heterocycles. The molecule has 2 aromatic carbocycles. The van der Waals surface area contributed by atoms with Crippen molar-refractivity contribution in [2.75, 3.05) is 27.1 Å². The number of fused-ring (bicyclic) bond motifs is 1. The summed E-state index contributed by atoms with van der Waals surface area (Å²) in [5, 5.41) is 3.31. The number of carbonyl (C=O) groups is 3. The summed E-state index contributed by atoms with van der Waals surface area (Å²) in [5.74, 6) is -2.06. The summed E-state index contributed by atoms with van der Waals surface area (Å²) in [4.78, 5) is 41.0. The minimum absolute atomic E-state index is 0.0892. The molecule has 0 saturated heterocycles. The molecule has 2 aromatic rings. The number of esters is 2. The zero-order valence-corrected chi connectivity index (χ0v) is 22.4. The number of dihydropyridines is 1. The van der Waals surface area contributed by atoms with E-state index in [2.05, 4.69) is 5.32 Å². The number of ether oxygens (including phenoxy) is 5. The van der Waals surface area contributed by atoms with E-state index in [-0.39, 0.29) is 25.8 Å². The number of rotatable bonds is 7. The Balaban J connectivity index is 1.66. The van der Waals surface area contributed by atoms with Gasteiger partial charge in [-0.15, -0.1) is 0 Å². The molecule has 0 saturated carbocycles. The number of benzene rings is 2. The van der Waals surface area contributed by atoms with Gasteiger partial charge in [-0.05, 0) is 62.6 Å². The molecular weight excluding hydrogens is 502 g/mol. The van der Waals surface area contributed by atoms with Gasteiger partial charge in [-0.3, -0.25) is 9.59 Å². The second kappa shape index (κ2) is 10.8. The van der Waals surface area contributed by atoms with Crippen LogP contribution in [-0.2, 0) is 23.9 Å². The average molecular weight is 534 g/mol. The standard InChI is InChI=1S/C30H31NO8/c1-5-36-29(33)24-16(3)31-21-14-20(17-7-10-19(35-4)11-8-17)26(30(34)37-6-2)28(32)27(21)25(24)18-9-12-22-23(13-18)39-15-38-22/h7-13,20,25-26,31H,5-6,14-15H2,1-4H3/t20-,25+,26-/m1/s1. The van der Waals surface area contributed by atoms with Crippen LogP contribution < -0.4 is 19.5 Å². The van der Waals surface area contributed by atoms with Gasteiger partial charge in [-0.2, -0.15) is 0 Å². The Morgan fingerprint density at radius 3 is 2.36 bits per heavy atom. The highest BCUT2D eigenvalue weighted by Gasteiger charge is 2.49. The highest BCUT2D eigenvalue weighted by molar-refractivity contribution is 6.13. The van der Waals surface area contributed by atoms with Crippen LogP contribution in [0.25, 0.3) is 0 Å². The van der Waals surface area contributed by atoms with E-state index in [0.717, 1.165) is 5.56 Å². The van der Waals surface area contributed by atoms with Crippen LogP contribution in [0.5, 0.6) is 17.2 Å². The lowest BCUT2D eigenvalue weighted by atomic mass is 9.67. The van der Waals surface area contributed by atoms with E-state index in [4.69, 9.17) is 23.7 Å². The van der Waals surface area contributed by atoms with E-state index in [9.17, 15) is 14.4 Å². The van der Waals surface area contributed by atoms with Crippen molar-refractivity contribution < 1.29 is 38.1 Å². The number of methoxy groups -OCH3 is 1. The number of Topliss-reactive ketones (excluding diaryl/α,β-unsaturated/α-hetero) is 1. The Hall–Kier alpha value is -4.27. The van der Waals surface area contributed by atoms with Gasteiger partial charge in [0.15, 0.2) is 17.3 Å². The predicted molar refractivity (Wildman–Crippen MR) is 140 cm³/mol.